The zero-order valence-electron chi connectivity index (χ0n) is 12.4. The van der Waals surface area contributed by atoms with Crippen LogP contribution < -0.4 is 5.73 Å². The Morgan fingerprint density at radius 3 is 3.05 bits per heavy atom. The summed E-state index contributed by atoms with van der Waals surface area (Å²) in [7, 11) is 0. The molecule has 0 aromatic heterocycles. The van der Waals surface area contributed by atoms with Crippen molar-refractivity contribution in [3.05, 3.63) is 35.1 Å². The number of hydrogen-bond acceptors (Lipinski definition) is 2. The van der Waals surface area contributed by atoms with E-state index < -0.39 is 5.82 Å². The highest BCUT2D eigenvalue weighted by Gasteiger charge is 2.25. The minimum atomic E-state index is -0.489. The van der Waals surface area contributed by atoms with Crippen LogP contribution in [0, 0.1) is 23.6 Å². The second kappa shape index (κ2) is 7.24. The van der Waals surface area contributed by atoms with E-state index in [-0.39, 0.29) is 18.0 Å². The maximum Gasteiger partial charge on any atom is 0.256 e. The smallest absolute Gasteiger partial charge is 0.256 e. The van der Waals surface area contributed by atoms with E-state index in [0.29, 0.717) is 24.6 Å². The predicted octanol–water partition coefficient (Wildman–Crippen LogP) is 2.40. The third-order valence-electron chi connectivity index (χ3n) is 3.92. The SMILES string of the molecule is CCC1CCCN(C(=O)c2cc(C#CCN)ccc2F)C1. The van der Waals surface area contributed by atoms with Crippen molar-refractivity contribution in [1.29, 1.82) is 0 Å². The minimum Gasteiger partial charge on any atom is -0.338 e. The fourth-order valence-corrected chi connectivity index (χ4v) is 2.67. The molecule has 1 aliphatic heterocycles. The molecule has 0 aliphatic carbocycles. The summed E-state index contributed by atoms with van der Waals surface area (Å²) in [5, 5.41) is 0. The molecule has 0 saturated carbocycles. The average Bonchev–Trinajstić information content (AvgIpc) is 2.53. The van der Waals surface area contributed by atoms with E-state index in [0.717, 1.165) is 19.3 Å². The first-order chi connectivity index (χ1) is 10.2. The third kappa shape index (κ3) is 3.83. The van der Waals surface area contributed by atoms with Gasteiger partial charge in [-0.2, -0.15) is 0 Å². The van der Waals surface area contributed by atoms with Gasteiger partial charge in [0.05, 0.1) is 12.1 Å². The maximum absolute atomic E-state index is 14.0. The van der Waals surface area contributed by atoms with Crippen LogP contribution in [-0.2, 0) is 0 Å². The number of carbonyl (C=O) groups is 1. The summed E-state index contributed by atoms with van der Waals surface area (Å²) in [5.41, 5.74) is 6.06. The minimum absolute atomic E-state index is 0.107. The molecule has 1 unspecified atom stereocenters. The first kappa shape index (κ1) is 15.5. The number of benzene rings is 1. The number of piperidine rings is 1. The van der Waals surface area contributed by atoms with Gasteiger partial charge in [0.25, 0.3) is 5.91 Å². The Balaban J connectivity index is 2.21. The molecule has 2 N–H and O–H groups in total. The number of hydrogen-bond donors (Lipinski definition) is 1. The van der Waals surface area contributed by atoms with Gasteiger partial charge >= 0.3 is 0 Å². The molecule has 21 heavy (non-hydrogen) atoms. The van der Waals surface area contributed by atoms with Gasteiger partial charge in [0.15, 0.2) is 0 Å². The van der Waals surface area contributed by atoms with Gasteiger partial charge in [-0.25, -0.2) is 4.39 Å². The molecule has 1 aromatic carbocycles. The number of likely N-dealkylation sites (tertiary alicyclic amines) is 1. The molecule has 112 valence electrons. The number of nitrogens with two attached hydrogens (primary N) is 1. The first-order valence-electron chi connectivity index (χ1n) is 7.43. The highest BCUT2D eigenvalue weighted by Crippen LogP contribution is 2.22. The molecule has 2 rings (SSSR count). The number of halogens is 1. The number of nitrogens with zero attached hydrogens (tertiary/aromatic N) is 1. The lowest BCUT2D eigenvalue weighted by Crippen LogP contribution is -2.40. The molecular weight excluding hydrogens is 267 g/mol. The molecule has 1 aliphatic rings. The van der Waals surface area contributed by atoms with Crippen LogP contribution in [0.2, 0.25) is 0 Å². The summed E-state index contributed by atoms with van der Waals surface area (Å²) >= 11 is 0. The van der Waals surface area contributed by atoms with Gasteiger partial charge in [-0.05, 0) is 37.0 Å². The lowest BCUT2D eigenvalue weighted by atomic mass is 9.95. The van der Waals surface area contributed by atoms with Gasteiger partial charge < -0.3 is 10.6 Å². The number of carbonyl (C=O) groups excluding carboxylic acids is 1. The van der Waals surface area contributed by atoms with E-state index in [1.165, 1.54) is 12.1 Å². The molecule has 1 saturated heterocycles. The maximum atomic E-state index is 14.0. The molecular formula is C17H21FN2O. The summed E-state index contributed by atoms with van der Waals surface area (Å²) in [4.78, 5) is 14.3. The largest absolute Gasteiger partial charge is 0.338 e. The summed E-state index contributed by atoms with van der Waals surface area (Å²) in [6.45, 7) is 3.79. The van der Waals surface area contributed by atoms with E-state index in [4.69, 9.17) is 5.73 Å². The Kier molecular flexibility index (Phi) is 5.35. The molecule has 0 spiro atoms. The van der Waals surface area contributed by atoms with Gasteiger partial charge in [0.2, 0.25) is 0 Å². The highest BCUT2D eigenvalue weighted by molar-refractivity contribution is 5.95. The Bertz CT molecular complexity index is 574. The van der Waals surface area contributed by atoms with Crippen LogP contribution in [0.25, 0.3) is 0 Å². The number of rotatable bonds is 2. The fourth-order valence-electron chi connectivity index (χ4n) is 2.67. The molecule has 1 aromatic rings. The van der Waals surface area contributed by atoms with Crippen molar-refractivity contribution in [3.63, 3.8) is 0 Å². The monoisotopic (exact) mass is 288 g/mol. The topological polar surface area (TPSA) is 46.3 Å². The second-order valence-corrected chi connectivity index (χ2v) is 5.37. The van der Waals surface area contributed by atoms with Gasteiger partial charge in [-0.1, -0.05) is 25.2 Å². The molecule has 1 atom stereocenters. The van der Waals surface area contributed by atoms with E-state index in [1.54, 1.807) is 11.0 Å². The molecule has 1 fully saturated rings. The van der Waals surface area contributed by atoms with E-state index in [1.807, 2.05) is 0 Å². The van der Waals surface area contributed by atoms with Gasteiger partial charge in [0, 0.05) is 18.7 Å². The summed E-state index contributed by atoms with van der Waals surface area (Å²) < 4.78 is 14.0. The van der Waals surface area contributed by atoms with Crippen LogP contribution in [-0.4, -0.2) is 30.4 Å². The lowest BCUT2D eigenvalue weighted by molar-refractivity contribution is 0.0666. The van der Waals surface area contributed by atoms with Crippen molar-refractivity contribution in [3.8, 4) is 11.8 Å². The van der Waals surface area contributed by atoms with Crippen LogP contribution in [0.5, 0.6) is 0 Å². The quantitative estimate of drug-likeness (QED) is 0.849. The van der Waals surface area contributed by atoms with Gasteiger partial charge in [0.1, 0.15) is 5.82 Å². The lowest BCUT2D eigenvalue weighted by Gasteiger charge is -2.32. The van der Waals surface area contributed by atoms with Crippen molar-refractivity contribution in [2.45, 2.75) is 26.2 Å². The Labute approximate surface area is 125 Å². The molecule has 0 radical (unpaired) electrons. The second-order valence-electron chi connectivity index (χ2n) is 5.37. The Hall–Kier alpha value is -1.86. The molecule has 3 nitrogen and oxygen atoms in total. The standard InChI is InChI=1S/C17H21FN2O/c1-2-13-6-4-10-20(12-13)17(21)15-11-14(5-3-9-19)7-8-16(15)18/h7-8,11,13H,2,4,6,9-10,12,19H2,1H3. The van der Waals surface area contributed by atoms with E-state index in [9.17, 15) is 9.18 Å². The normalized spacial score (nSPS) is 18.0. The molecule has 1 amide bonds. The third-order valence-corrected chi connectivity index (χ3v) is 3.92. The Morgan fingerprint density at radius 1 is 1.52 bits per heavy atom. The number of amides is 1. The van der Waals surface area contributed by atoms with Crippen molar-refractivity contribution in [2.75, 3.05) is 19.6 Å². The van der Waals surface area contributed by atoms with Crippen molar-refractivity contribution in [1.82, 2.24) is 4.90 Å². The zero-order valence-corrected chi connectivity index (χ0v) is 12.4. The fraction of sp³-hybridized carbons (Fsp3) is 0.471. The molecule has 4 heteroatoms. The molecule has 1 heterocycles. The first-order valence-corrected chi connectivity index (χ1v) is 7.43. The van der Waals surface area contributed by atoms with Crippen molar-refractivity contribution in [2.24, 2.45) is 11.7 Å². The van der Waals surface area contributed by atoms with Crippen LogP contribution >= 0.6 is 0 Å². The summed E-state index contributed by atoms with van der Waals surface area (Å²) in [6, 6.07) is 4.39. The van der Waals surface area contributed by atoms with Crippen LogP contribution in [0.15, 0.2) is 18.2 Å². The summed E-state index contributed by atoms with van der Waals surface area (Å²) in [5.74, 6) is 5.35. The molecule has 0 bridgehead atoms. The van der Waals surface area contributed by atoms with Crippen LogP contribution in [0.1, 0.15) is 42.1 Å². The van der Waals surface area contributed by atoms with Gasteiger partial charge in [-0.3, -0.25) is 4.79 Å². The highest BCUT2D eigenvalue weighted by atomic mass is 19.1. The van der Waals surface area contributed by atoms with Crippen molar-refractivity contribution >= 4 is 5.91 Å². The zero-order chi connectivity index (χ0) is 15.2. The van der Waals surface area contributed by atoms with Crippen LogP contribution in [0.4, 0.5) is 4.39 Å². The van der Waals surface area contributed by atoms with E-state index >= 15 is 0 Å². The predicted molar refractivity (Wildman–Crippen MR) is 81.3 cm³/mol. The Morgan fingerprint density at radius 2 is 2.33 bits per heavy atom. The van der Waals surface area contributed by atoms with Crippen molar-refractivity contribution < 1.29 is 9.18 Å². The summed E-state index contributed by atoms with van der Waals surface area (Å²) in [6.07, 6.45) is 3.18. The van der Waals surface area contributed by atoms with Crippen LogP contribution in [0.3, 0.4) is 0 Å². The average molecular weight is 288 g/mol. The van der Waals surface area contributed by atoms with E-state index in [2.05, 4.69) is 18.8 Å². The van der Waals surface area contributed by atoms with Gasteiger partial charge in [-0.15, -0.1) is 0 Å².